The summed E-state index contributed by atoms with van der Waals surface area (Å²) in [5, 5.41) is 13.2. The van der Waals surface area contributed by atoms with E-state index in [4.69, 9.17) is 4.74 Å². The Morgan fingerprint density at radius 3 is 2.19 bits per heavy atom. The molecule has 0 aromatic heterocycles. The number of imide groups is 1. The molecule has 2 aromatic rings. The summed E-state index contributed by atoms with van der Waals surface area (Å²) in [4.78, 5) is 25.5. The van der Waals surface area contributed by atoms with Gasteiger partial charge < -0.3 is 15.2 Å². The smallest absolute Gasteiger partial charge is 0.325 e. The first-order chi connectivity index (χ1) is 15.0. The van der Waals surface area contributed by atoms with Crippen molar-refractivity contribution in [3.63, 3.8) is 0 Å². The molecule has 9 nitrogen and oxygen atoms in total. The molecule has 0 radical (unpaired) electrons. The number of nitrogens with one attached hydrogen (secondary N) is 1. The van der Waals surface area contributed by atoms with E-state index in [1.807, 2.05) is 6.92 Å². The maximum atomic E-state index is 13.4. The molecule has 10 heteroatoms. The summed E-state index contributed by atoms with van der Waals surface area (Å²) < 4.78 is 33.1. The number of aliphatic hydroxyl groups is 1. The van der Waals surface area contributed by atoms with E-state index < -0.39 is 33.6 Å². The molecule has 1 aliphatic rings. The molecule has 3 rings (SSSR count). The van der Waals surface area contributed by atoms with Crippen molar-refractivity contribution in [2.24, 2.45) is 0 Å². The molecule has 0 unspecified atom stereocenters. The van der Waals surface area contributed by atoms with Crippen LogP contribution in [0.3, 0.4) is 0 Å². The van der Waals surface area contributed by atoms with Crippen molar-refractivity contribution in [2.75, 3.05) is 24.5 Å². The predicted molar refractivity (Wildman–Crippen MR) is 119 cm³/mol. The fraction of sp³-hybridized carbons (Fsp3) is 0.364. The normalized spacial score (nSPS) is 16.6. The quantitative estimate of drug-likeness (QED) is 0.580. The molecule has 1 fully saturated rings. The highest BCUT2D eigenvalue weighted by molar-refractivity contribution is 7.92. The van der Waals surface area contributed by atoms with Crippen LogP contribution in [0.4, 0.5) is 10.5 Å². The van der Waals surface area contributed by atoms with Crippen LogP contribution in [-0.2, 0) is 14.8 Å². The van der Waals surface area contributed by atoms with Gasteiger partial charge in [-0.2, -0.15) is 0 Å². The summed E-state index contributed by atoms with van der Waals surface area (Å²) in [5.74, 6) is 0.0579. The Morgan fingerprint density at radius 1 is 1.09 bits per heavy atom. The third-order valence-electron chi connectivity index (χ3n) is 5.18. The maximum absolute atomic E-state index is 13.4. The topological polar surface area (TPSA) is 116 Å². The zero-order valence-corrected chi connectivity index (χ0v) is 19.2. The SMILES string of the molecule is COc1ccc(N(C[C@@H](O)CN2C(=O)NC(C)(C)C2=O)S(=O)(=O)c2ccc(C)cc2)cc1. The lowest BCUT2D eigenvalue weighted by molar-refractivity contribution is -0.131. The first kappa shape index (κ1) is 23.6. The number of aryl methyl sites for hydroxylation is 1. The molecule has 172 valence electrons. The van der Waals surface area contributed by atoms with Crippen molar-refractivity contribution in [3.8, 4) is 5.75 Å². The average molecular weight is 462 g/mol. The standard InChI is InChI=1S/C22H27N3O6S/c1-15-5-11-19(12-6-15)32(29,30)25(16-7-9-18(31-4)10-8-16)14-17(26)13-24-20(27)22(2,3)23-21(24)28/h5-12,17,26H,13-14H2,1-4H3,(H,23,28)/t17-/m0/s1. The van der Waals surface area contributed by atoms with Gasteiger partial charge >= 0.3 is 6.03 Å². The van der Waals surface area contributed by atoms with E-state index in [9.17, 15) is 23.1 Å². The van der Waals surface area contributed by atoms with E-state index in [1.54, 1.807) is 50.2 Å². The minimum absolute atomic E-state index is 0.0576. The molecular formula is C22H27N3O6S. The number of benzene rings is 2. The van der Waals surface area contributed by atoms with Crippen LogP contribution in [0.2, 0.25) is 0 Å². The number of rotatable bonds is 8. The van der Waals surface area contributed by atoms with Gasteiger partial charge in [-0.1, -0.05) is 17.7 Å². The van der Waals surface area contributed by atoms with Crippen LogP contribution >= 0.6 is 0 Å². The predicted octanol–water partition coefficient (Wildman–Crippen LogP) is 1.89. The molecular weight excluding hydrogens is 434 g/mol. The Balaban J connectivity index is 1.91. The number of hydrogen-bond acceptors (Lipinski definition) is 6. The number of nitrogens with zero attached hydrogens (tertiary/aromatic N) is 2. The number of methoxy groups -OCH3 is 1. The largest absolute Gasteiger partial charge is 0.497 e. The molecule has 2 N–H and O–H groups in total. The van der Waals surface area contributed by atoms with E-state index in [2.05, 4.69) is 5.32 Å². The minimum atomic E-state index is -4.04. The highest BCUT2D eigenvalue weighted by Crippen LogP contribution is 2.27. The molecule has 1 heterocycles. The Hall–Kier alpha value is -3.11. The van der Waals surface area contributed by atoms with Gasteiger partial charge in [-0.15, -0.1) is 0 Å². The zero-order valence-electron chi connectivity index (χ0n) is 18.4. The number of carbonyl (C=O) groups excluding carboxylic acids is 2. The lowest BCUT2D eigenvalue weighted by atomic mass is 10.1. The van der Waals surface area contributed by atoms with Gasteiger partial charge in [0.1, 0.15) is 11.3 Å². The highest BCUT2D eigenvalue weighted by Gasteiger charge is 2.45. The van der Waals surface area contributed by atoms with Gasteiger partial charge in [0.2, 0.25) is 0 Å². The van der Waals surface area contributed by atoms with Crippen molar-refractivity contribution >= 4 is 27.6 Å². The van der Waals surface area contributed by atoms with Crippen molar-refractivity contribution in [2.45, 2.75) is 37.3 Å². The lowest BCUT2D eigenvalue weighted by Gasteiger charge is -2.28. The number of anilines is 1. The molecule has 0 aliphatic carbocycles. The third-order valence-corrected chi connectivity index (χ3v) is 6.99. The molecule has 1 aliphatic heterocycles. The van der Waals surface area contributed by atoms with Gasteiger partial charge in [-0.05, 0) is 57.2 Å². The highest BCUT2D eigenvalue weighted by atomic mass is 32.2. The van der Waals surface area contributed by atoms with Crippen LogP contribution in [0.1, 0.15) is 19.4 Å². The number of carbonyl (C=O) groups is 2. The second-order valence-corrected chi connectivity index (χ2v) is 10.0. The summed E-state index contributed by atoms with van der Waals surface area (Å²) in [6.45, 7) is 4.27. The summed E-state index contributed by atoms with van der Waals surface area (Å²) >= 11 is 0. The fourth-order valence-electron chi connectivity index (χ4n) is 3.37. The first-order valence-corrected chi connectivity index (χ1v) is 11.5. The van der Waals surface area contributed by atoms with E-state index in [1.165, 1.54) is 19.2 Å². The number of ether oxygens (including phenoxy) is 1. The number of sulfonamides is 1. The van der Waals surface area contributed by atoms with Gasteiger partial charge in [0, 0.05) is 0 Å². The van der Waals surface area contributed by atoms with Crippen LogP contribution in [0.15, 0.2) is 53.4 Å². The Labute approximate surface area is 187 Å². The van der Waals surface area contributed by atoms with Gasteiger partial charge in [0.05, 0.1) is 36.9 Å². The van der Waals surface area contributed by atoms with Gasteiger partial charge in [0.25, 0.3) is 15.9 Å². The number of β-amino-alcohol motifs (C(OH)–C–C–N with tert-alkyl or cyclic N) is 1. The number of urea groups is 1. The van der Waals surface area contributed by atoms with Gasteiger partial charge in [-0.3, -0.25) is 14.0 Å². The van der Waals surface area contributed by atoms with E-state index >= 15 is 0 Å². The summed E-state index contributed by atoms with van der Waals surface area (Å²) in [7, 11) is -2.54. The zero-order chi connectivity index (χ0) is 23.7. The summed E-state index contributed by atoms with van der Waals surface area (Å²) in [5.41, 5.74) is 0.129. The minimum Gasteiger partial charge on any atom is -0.497 e. The molecule has 1 saturated heterocycles. The lowest BCUT2D eigenvalue weighted by Crippen LogP contribution is -2.45. The Bertz CT molecular complexity index is 1100. The van der Waals surface area contributed by atoms with Crippen LogP contribution < -0.4 is 14.4 Å². The van der Waals surface area contributed by atoms with Crippen LogP contribution in [0.5, 0.6) is 5.75 Å². The van der Waals surface area contributed by atoms with E-state index in [-0.39, 0.29) is 18.0 Å². The van der Waals surface area contributed by atoms with Crippen LogP contribution in [0, 0.1) is 6.92 Å². The maximum Gasteiger partial charge on any atom is 0.325 e. The first-order valence-electron chi connectivity index (χ1n) is 10.0. The third kappa shape index (κ3) is 4.71. The molecule has 3 amide bonds. The van der Waals surface area contributed by atoms with Crippen LogP contribution in [-0.4, -0.2) is 62.2 Å². The monoisotopic (exact) mass is 461 g/mol. The molecule has 0 saturated carbocycles. The van der Waals surface area contributed by atoms with Gasteiger partial charge in [0.15, 0.2) is 0 Å². The summed E-state index contributed by atoms with van der Waals surface area (Å²) in [6, 6.07) is 12.1. The Morgan fingerprint density at radius 2 is 1.69 bits per heavy atom. The Kier molecular flexibility index (Phi) is 6.47. The number of aliphatic hydroxyl groups excluding tert-OH is 1. The number of amides is 3. The summed E-state index contributed by atoms with van der Waals surface area (Å²) in [6.07, 6.45) is -1.32. The second-order valence-electron chi connectivity index (χ2n) is 8.17. The molecule has 1 atom stereocenters. The van der Waals surface area contributed by atoms with E-state index in [0.29, 0.717) is 11.4 Å². The van der Waals surface area contributed by atoms with E-state index in [0.717, 1.165) is 14.8 Å². The molecule has 2 aromatic carbocycles. The van der Waals surface area contributed by atoms with Gasteiger partial charge in [-0.25, -0.2) is 13.2 Å². The van der Waals surface area contributed by atoms with Crippen molar-refractivity contribution in [1.29, 1.82) is 0 Å². The average Bonchev–Trinajstić information content (AvgIpc) is 2.94. The fourth-order valence-corrected chi connectivity index (χ4v) is 4.87. The van der Waals surface area contributed by atoms with Crippen molar-refractivity contribution in [3.05, 3.63) is 54.1 Å². The molecule has 0 bridgehead atoms. The molecule has 0 spiro atoms. The number of hydrogen-bond donors (Lipinski definition) is 2. The van der Waals surface area contributed by atoms with Crippen molar-refractivity contribution in [1.82, 2.24) is 10.2 Å². The second kappa shape index (κ2) is 8.79. The van der Waals surface area contributed by atoms with Crippen molar-refractivity contribution < 1.29 is 27.9 Å². The molecule has 32 heavy (non-hydrogen) atoms. The van der Waals surface area contributed by atoms with Crippen LogP contribution in [0.25, 0.3) is 0 Å².